The van der Waals surface area contributed by atoms with Gasteiger partial charge in [-0.3, -0.25) is 9.59 Å². The number of rotatable bonds is 5. The van der Waals surface area contributed by atoms with Crippen LogP contribution in [0.15, 0.2) is 88.2 Å². The predicted molar refractivity (Wildman–Crippen MR) is 120 cm³/mol. The van der Waals surface area contributed by atoms with Crippen molar-refractivity contribution in [2.24, 2.45) is 0 Å². The number of thioether (sulfide) groups is 1. The van der Waals surface area contributed by atoms with Crippen molar-refractivity contribution in [2.45, 2.75) is 6.61 Å². The molecule has 0 spiro atoms. The van der Waals surface area contributed by atoms with Gasteiger partial charge in [-0.15, -0.1) is 0 Å². The maximum absolute atomic E-state index is 12.8. The van der Waals surface area contributed by atoms with Crippen molar-refractivity contribution in [2.75, 3.05) is 4.90 Å². The third-order valence-corrected chi connectivity index (χ3v) is 5.72. The number of hydrogen-bond donors (Lipinski definition) is 0. The molecule has 3 aromatic carbocycles. The SMILES string of the molecule is O=C1S/C(=C\c2ccccc2OCc2ccc(Br)cc2)C(=O)N1c1ccccc1. The molecule has 1 heterocycles. The number of anilines is 1. The highest BCUT2D eigenvalue weighted by atomic mass is 79.9. The average Bonchev–Trinajstić information content (AvgIpc) is 3.02. The minimum atomic E-state index is -0.325. The Balaban J connectivity index is 1.56. The molecular weight excluding hydrogens is 450 g/mol. The summed E-state index contributed by atoms with van der Waals surface area (Å²) in [5, 5.41) is -0.305. The molecule has 0 unspecified atom stereocenters. The van der Waals surface area contributed by atoms with Crippen LogP contribution >= 0.6 is 27.7 Å². The van der Waals surface area contributed by atoms with Crippen molar-refractivity contribution < 1.29 is 14.3 Å². The van der Waals surface area contributed by atoms with E-state index in [1.165, 1.54) is 4.90 Å². The summed E-state index contributed by atoms with van der Waals surface area (Å²) in [6.45, 7) is 0.406. The summed E-state index contributed by atoms with van der Waals surface area (Å²) in [5.41, 5.74) is 2.36. The Hall–Kier alpha value is -2.83. The lowest BCUT2D eigenvalue weighted by atomic mass is 10.1. The highest BCUT2D eigenvalue weighted by Gasteiger charge is 2.36. The predicted octanol–water partition coefficient (Wildman–Crippen LogP) is 6.27. The zero-order valence-electron chi connectivity index (χ0n) is 15.2. The summed E-state index contributed by atoms with van der Waals surface area (Å²) < 4.78 is 6.98. The van der Waals surface area contributed by atoms with E-state index < -0.39 is 0 Å². The van der Waals surface area contributed by atoms with Crippen molar-refractivity contribution in [3.05, 3.63) is 99.4 Å². The highest BCUT2D eigenvalue weighted by Crippen LogP contribution is 2.36. The molecular formula is C23H16BrNO3S. The van der Waals surface area contributed by atoms with Gasteiger partial charge in [0.1, 0.15) is 12.4 Å². The fourth-order valence-corrected chi connectivity index (χ4v) is 3.98. The van der Waals surface area contributed by atoms with Gasteiger partial charge in [0.05, 0.1) is 10.6 Å². The van der Waals surface area contributed by atoms with Gasteiger partial charge in [-0.05, 0) is 53.7 Å². The molecule has 6 heteroatoms. The maximum atomic E-state index is 12.8. The van der Waals surface area contributed by atoms with E-state index in [2.05, 4.69) is 15.9 Å². The first-order valence-electron chi connectivity index (χ1n) is 8.91. The molecule has 144 valence electrons. The zero-order chi connectivity index (χ0) is 20.2. The second-order valence-corrected chi connectivity index (χ2v) is 8.21. The zero-order valence-corrected chi connectivity index (χ0v) is 17.7. The maximum Gasteiger partial charge on any atom is 0.298 e. The molecule has 1 saturated heterocycles. The first kappa shape index (κ1) is 19.5. The van der Waals surface area contributed by atoms with E-state index in [-0.39, 0.29) is 11.1 Å². The molecule has 1 aliphatic heterocycles. The molecule has 0 atom stereocenters. The van der Waals surface area contributed by atoms with Crippen LogP contribution < -0.4 is 9.64 Å². The fourth-order valence-electron chi connectivity index (χ4n) is 2.88. The van der Waals surface area contributed by atoms with Gasteiger partial charge < -0.3 is 4.74 Å². The van der Waals surface area contributed by atoms with E-state index in [9.17, 15) is 9.59 Å². The van der Waals surface area contributed by atoms with E-state index in [0.717, 1.165) is 27.4 Å². The van der Waals surface area contributed by atoms with Crippen LogP contribution in [0.3, 0.4) is 0 Å². The number of nitrogens with zero attached hydrogens (tertiary/aromatic N) is 1. The molecule has 0 aromatic heterocycles. The van der Waals surface area contributed by atoms with Gasteiger partial charge in [-0.1, -0.05) is 64.5 Å². The van der Waals surface area contributed by atoms with Crippen molar-refractivity contribution >= 4 is 50.6 Å². The van der Waals surface area contributed by atoms with Crippen LogP contribution in [0.25, 0.3) is 6.08 Å². The van der Waals surface area contributed by atoms with Crippen LogP contribution in [0.1, 0.15) is 11.1 Å². The van der Waals surface area contributed by atoms with E-state index >= 15 is 0 Å². The molecule has 0 radical (unpaired) electrons. The summed E-state index contributed by atoms with van der Waals surface area (Å²) in [7, 11) is 0. The minimum absolute atomic E-state index is 0.305. The third-order valence-electron chi connectivity index (χ3n) is 4.32. The van der Waals surface area contributed by atoms with Gasteiger partial charge in [0, 0.05) is 10.0 Å². The number of imide groups is 1. The smallest absolute Gasteiger partial charge is 0.298 e. The number of para-hydroxylation sites is 2. The lowest BCUT2D eigenvalue weighted by Crippen LogP contribution is -2.27. The van der Waals surface area contributed by atoms with Gasteiger partial charge in [0.15, 0.2) is 0 Å². The normalized spacial score (nSPS) is 15.2. The van der Waals surface area contributed by atoms with Gasteiger partial charge in [-0.2, -0.15) is 0 Å². The Morgan fingerprint density at radius 1 is 0.897 bits per heavy atom. The summed E-state index contributed by atoms with van der Waals surface area (Å²) in [5.74, 6) is 0.329. The lowest BCUT2D eigenvalue weighted by Gasteiger charge is -2.12. The van der Waals surface area contributed by atoms with E-state index in [0.29, 0.717) is 22.9 Å². The molecule has 29 heavy (non-hydrogen) atoms. The monoisotopic (exact) mass is 465 g/mol. The Morgan fingerprint density at radius 3 is 2.34 bits per heavy atom. The molecule has 0 aliphatic carbocycles. The molecule has 1 fully saturated rings. The molecule has 0 saturated carbocycles. The van der Waals surface area contributed by atoms with Crippen LogP contribution in [0.4, 0.5) is 10.5 Å². The number of ether oxygens (including phenoxy) is 1. The molecule has 0 N–H and O–H groups in total. The van der Waals surface area contributed by atoms with Gasteiger partial charge in [0.2, 0.25) is 0 Å². The van der Waals surface area contributed by atoms with Crippen LogP contribution in [-0.4, -0.2) is 11.1 Å². The van der Waals surface area contributed by atoms with Crippen molar-refractivity contribution in [1.82, 2.24) is 0 Å². The third kappa shape index (κ3) is 4.44. The summed E-state index contributed by atoms with van der Waals surface area (Å²) in [6, 6.07) is 24.3. The Labute approximate surface area is 181 Å². The average molecular weight is 466 g/mol. The molecule has 4 nitrogen and oxygen atoms in total. The fraction of sp³-hybridized carbons (Fsp3) is 0.0435. The Kier molecular flexibility index (Phi) is 5.83. The minimum Gasteiger partial charge on any atom is -0.488 e. The first-order valence-corrected chi connectivity index (χ1v) is 10.5. The van der Waals surface area contributed by atoms with Crippen molar-refractivity contribution in [3.63, 3.8) is 0 Å². The lowest BCUT2D eigenvalue weighted by molar-refractivity contribution is -0.113. The van der Waals surface area contributed by atoms with Gasteiger partial charge in [-0.25, -0.2) is 4.90 Å². The van der Waals surface area contributed by atoms with Crippen LogP contribution in [0.2, 0.25) is 0 Å². The molecule has 4 rings (SSSR count). The number of amides is 2. The topological polar surface area (TPSA) is 46.6 Å². The summed E-state index contributed by atoms with van der Waals surface area (Å²) in [6.07, 6.45) is 1.71. The molecule has 1 aliphatic rings. The standard InChI is InChI=1S/C23H16BrNO3S/c24-18-12-10-16(11-13-18)15-28-20-9-5-4-6-17(20)14-21-22(26)25(23(27)29-21)19-7-2-1-3-8-19/h1-14H,15H2/b21-14-. The largest absolute Gasteiger partial charge is 0.488 e. The number of carbonyl (C=O) groups excluding carboxylic acids is 2. The molecule has 3 aromatic rings. The van der Waals surface area contributed by atoms with E-state index in [1.54, 1.807) is 30.3 Å². The number of halogens is 1. The number of hydrogen-bond acceptors (Lipinski definition) is 4. The summed E-state index contributed by atoms with van der Waals surface area (Å²) in [4.78, 5) is 26.8. The van der Waals surface area contributed by atoms with Gasteiger partial charge in [0.25, 0.3) is 11.1 Å². The quantitative estimate of drug-likeness (QED) is 0.416. The second kappa shape index (κ2) is 8.68. The molecule has 2 amide bonds. The van der Waals surface area contributed by atoms with Crippen LogP contribution in [0, 0.1) is 0 Å². The number of benzene rings is 3. The highest BCUT2D eigenvalue weighted by molar-refractivity contribution is 9.10. The molecule has 0 bridgehead atoms. The Bertz CT molecular complexity index is 1080. The van der Waals surface area contributed by atoms with Crippen LogP contribution in [-0.2, 0) is 11.4 Å². The van der Waals surface area contributed by atoms with E-state index in [1.807, 2.05) is 54.6 Å². The first-order chi connectivity index (χ1) is 14.1. The Morgan fingerprint density at radius 2 is 1.59 bits per heavy atom. The van der Waals surface area contributed by atoms with E-state index in [4.69, 9.17) is 4.74 Å². The van der Waals surface area contributed by atoms with Crippen molar-refractivity contribution in [3.8, 4) is 5.75 Å². The summed E-state index contributed by atoms with van der Waals surface area (Å²) >= 11 is 4.35. The second-order valence-electron chi connectivity index (χ2n) is 6.31. The van der Waals surface area contributed by atoms with Crippen LogP contribution in [0.5, 0.6) is 5.75 Å². The number of carbonyl (C=O) groups is 2. The van der Waals surface area contributed by atoms with Gasteiger partial charge >= 0.3 is 0 Å². The van der Waals surface area contributed by atoms with Crippen molar-refractivity contribution in [1.29, 1.82) is 0 Å².